The normalized spacial score (nSPS) is 11.8. The molecule has 3 aromatic rings. The summed E-state index contributed by atoms with van der Waals surface area (Å²) >= 11 is 0. The Balaban J connectivity index is 1.42. The second-order valence-electron chi connectivity index (χ2n) is 6.53. The van der Waals surface area contributed by atoms with Crippen molar-refractivity contribution in [2.45, 2.75) is 25.4 Å². The van der Waals surface area contributed by atoms with Crippen LogP contribution in [-0.4, -0.2) is 36.8 Å². The van der Waals surface area contributed by atoms with E-state index in [1.54, 1.807) is 14.2 Å². The van der Waals surface area contributed by atoms with Crippen molar-refractivity contribution in [2.75, 3.05) is 20.8 Å². The number of amides is 1. The molecular weight excluding hydrogens is 370 g/mol. The smallest absolute Gasteiger partial charge is 0.226 e. The van der Waals surface area contributed by atoms with Gasteiger partial charge >= 0.3 is 0 Å². The minimum Gasteiger partial charge on any atom is -0.497 e. The Morgan fingerprint density at radius 3 is 2.55 bits per heavy atom. The van der Waals surface area contributed by atoms with Crippen LogP contribution in [0.4, 0.5) is 0 Å². The van der Waals surface area contributed by atoms with E-state index in [2.05, 4.69) is 15.5 Å². The second kappa shape index (κ2) is 10.4. The van der Waals surface area contributed by atoms with Crippen molar-refractivity contribution >= 4 is 5.91 Å². The fraction of sp³-hybridized carbons (Fsp3) is 0.318. The van der Waals surface area contributed by atoms with Gasteiger partial charge in [-0.2, -0.15) is 4.98 Å². The van der Waals surface area contributed by atoms with E-state index in [-0.39, 0.29) is 12.0 Å². The van der Waals surface area contributed by atoms with Crippen molar-refractivity contribution in [1.82, 2.24) is 15.5 Å². The van der Waals surface area contributed by atoms with E-state index in [0.717, 1.165) is 16.9 Å². The number of ether oxygens (including phenoxy) is 2. The highest BCUT2D eigenvalue weighted by molar-refractivity contribution is 5.75. The maximum absolute atomic E-state index is 12.1. The maximum Gasteiger partial charge on any atom is 0.226 e. The van der Waals surface area contributed by atoms with Gasteiger partial charge in [0, 0.05) is 32.1 Å². The van der Waals surface area contributed by atoms with Gasteiger partial charge < -0.3 is 19.3 Å². The molecular formula is C22H25N3O4. The highest BCUT2D eigenvalue weighted by Gasteiger charge is 2.13. The van der Waals surface area contributed by atoms with Crippen LogP contribution in [0.2, 0.25) is 0 Å². The molecule has 1 unspecified atom stereocenters. The van der Waals surface area contributed by atoms with Crippen LogP contribution in [0, 0.1) is 0 Å². The Labute approximate surface area is 170 Å². The summed E-state index contributed by atoms with van der Waals surface area (Å²) in [6, 6.07) is 17.3. The van der Waals surface area contributed by atoms with Crippen molar-refractivity contribution in [1.29, 1.82) is 0 Å². The number of benzene rings is 2. The third kappa shape index (κ3) is 5.89. The summed E-state index contributed by atoms with van der Waals surface area (Å²) in [4.78, 5) is 16.5. The first-order chi connectivity index (χ1) is 14.2. The van der Waals surface area contributed by atoms with Gasteiger partial charge in [-0.3, -0.25) is 4.79 Å². The zero-order valence-corrected chi connectivity index (χ0v) is 16.6. The average Bonchev–Trinajstić information content (AvgIpc) is 3.24. The quantitative estimate of drug-likeness (QED) is 0.565. The number of aromatic nitrogens is 2. The van der Waals surface area contributed by atoms with Crippen molar-refractivity contribution in [3.05, 3.63) is 66.1 Å². The van der Waals surface area contributed by atoms with Crippen LogP contribution in [0.25, 0.3) is 11.4 Å². The van der Waals surface area contributed by atoms with Crippen LogP contribution in [0.5, 0.6) is 5.75 Å². The van der Waals surface area contributed by atoms with Gasteiger partial charge in [0.15, 0.2) is 0 Å². The molecule has 1 N–H and O–H groups in total. The fourth-order valence-corrected chi connectivity index (χ4v) is 2.91. The van der Waals surface area contributed by atoms with Crippen molar-refractivity contribution < 1.29 is 18.8 Å². The van der Waals surface area contributed by atoms with Gasteiger partial charge in [0.1, 0.15) is 5.75 Å². The highest BCUT2D eigenvalue weighted by Crippen LogP contribution is 2.20. The third-order valence-corrected chi connectivity index (χ3v) is 4.55. The van der Waals surface area contributed by atoms with Crippen molar-refractivity contribution in [3.8, 4) is 17.1 Å². The van der Waals surface area contributed by atoms with E-state index in [0.29, 0.717) is 37.5 Å². The number of hydrogen-bond donors (Lipinski definition) is 1. The Bertz CT molecular complexity index is 894. The largest absolute Gasteiger partial charge is 0.497 e. The van der Waals surface area contributed by atoms with Gasteiger partial charge in [-0.25, -0.2) is 0 Å². The van der Waals surface area contributed by atoms with Gasteiger partial charge in [0.05, 0.1) is 13.2 Å². The maximum atomic E-state index is 12.1. The average molecular weight is 395 g/mol. The Kier molecular flexibility index (Phi) is 7.35. The molecule has 0 fully saturated rings. The third-order valence-electron chi connectivity index (χ3n) is 4.55. The van der Waals surface area contributed by atoms with Crippen LogP contribution in [0.1, 0.15) is 30.4 Å². The van der Waals surface area contributed by atoms with E-state index < -0.39 is 0 Å². The van der Waals surface area contributed by atoms with E-state index in [1.807, 2.05) is 54.6 Å². The molecule has 0 aliphatic rings. The summed E-state index contributed by atoms with van der Waals surface area (Å²) in [5.74, 6) is 1.78. The molecule has 29 heavy (non-hydrogen) atoms. The molecule has 0 radical (unpaired) electrons. The Morgan fingerprint density at radius 1 is 1.10 bits per heavy atom. The first kappa shape index (κ1) is 20.5. The monoisotopic (exact) mass is 395 g/mol. The van der Waals surface area contributed by atoms with Gasteiger partial charge in [-0.15, -0.1) is 0 Å². The summed E-state index contributed by atoms with van der Waals surface area (Å²) < 4.78 is 15.9. The Hall–Kier alpha value is -3.19. The zero-order valence-electron chi connectivity index (χ0n) is 16.6. The summed E-state index contributed by atoms with van der Waals surface area (Å²) in [5, 5.41) is 6.92. The van der Waals surface area contributed by atoms with E-state index in [1.165, 1.54) is 0 Å². The molecule has 7 heteroatoms. The first-order valence-corrected chi connectivity index (χ1v) is 9.51. The number of carbonyl (C=O) groups is 1. The van der Waals surface area contributed by atoms with Gasteiger partial charge in [0.2, 0.25) is 17.6 Å². The number of nitrogens with one attached hydrogen (secondary N) is 1. The highest BCUT2D eigenvalue weighted by atomic mass is 16.5. The number of aryl methyl sites for hydroxylation is 1. The van der Waals surface area contributed by atoms with Gasteiger partial charge in [0.25, 0.3) is 0 Å². The minimum absolute atomic E-state index is 0.0297. The second-order valence-corrected chi connectivity index (χ2v) is 6.53. The van der Waals surface area contributed by atoms with Crippen molar-refractivity contribution in [3.63, 3.8) is 0 Å². The molecule has 0 aliphatic carbocycles. The number of methoxy groups -OCH3 is 2. The predicted octanol–water partition coefficient (Wildman–Crippen LogP) is 3.57. The summed E-state index contributed by atoms with van der Waals surface area (Å²) in [6.07, 6.45) is 1.39. The zero-order chi connectivity index (χ0) is 20.5. The summed E-state index contributed by atoms with van der Waals surface area (Å²) in [6.45, 7) is 0.432. The van der Waals surface area contributed by atoms with E-state index in [4.69, 9.17) is 14.0 Å². The standard InChI is InChI=1S/C22H25N3O4/c1-27-18-13-11-17(12-14-18)22-24-21(29-25-22)10-6-9-20(26)23-15-19(28-2)16-7-4-3-5-8-16/h3-5,7-8,11-14,19H,6,9-10,15H2,1-2H3,(H,23,26). The van der Waals surface area contributed by atoms with Gasteiger partial charge in [-0.1, -0.05) is 35.5 Å². The molecule has 0 spiro atoms. The van der Waals surface area contributed by atoms with E-state index >= 15 is 0 Å². The van der Waals surface area contributed by atoms with Crippen LogP contribution in [0.15, 0.2) is 59.1 Å². The number of rotatable bonds is 10. The van der Waals surface area contributed by atoms with Crippen LogP contribution >= 0.6 is 0 Å². The molecule has 0 aliphatic heterocycles. The van der Waals surface area contributed by atoms with Gasteiger partial charge in [-0.05, 0) is 36.2 Å². The summed E-state index contributed by atoms with van der Waals surface area (Å²) in [7, 11) is 3.26. The lowest BCUT2D eigenvalue weighted by Crippen LogP contribution is -2.29. The number of carbonyl (C=O) groups excluding carboxylic acids is 1. The molecule has 7 nitrogen and oxygen atoms in total. The Morgan fingerprint density at radius 2 is 1.86 bits per heavy atom. The summed E-state index contributed by atoms with van der Waals surface area (Å²) in [5.41, 5.74) is 1.89. The SMILES string of the molecule is COc1ccc(-c2noc(CCCC(=O)NCC(OC)c3ccccc3)n2)cc1. The lowest BCUT2D eigenvalue weighted by molar-refractivity contribution is -0.121. The van der Waals surface area contributed by atoms with Crippen molar-refractivity contribution in [2.24, 2.45) is 0 Å². The lowest BCUT2D eigenvalue weighted by Gasteiger charge is -2.16. The number of hydrogen-bond acceptors (Lipinski definition) is 6. The molecule has 1 aromatic heterocycles. The topological polar surface area (TPSA) is 86.5 Å². The molecule has 0 bridgehead atoms. The van der Waals surface area contributed by atoms with Crippen LogP contribution < -0.4 is 10.1 Å². The molecule has 1 heterocycles. The van der Waals surface area contributed by atoms with Crippen LogP contribution in [-0.2, 0) is 16.0 Å². The fourth-order valence-electron chi connectivity index (χ4n) is 2.91. The molecule has 152 valence electrons. The van der Waals surface area contributed by atoms with E-state index in [9.17, 15) is 4.79 Å². The molecule has 0 saturated carbocycles. The predicted molar refractivity (Wildman–Crippen MR) is 108 cm³/mol. The number of nitrogens with zero attached hydrogens (tertiary/aromatic N) is 2. The lowest BCUT2D eigenvalue weighted by atomic mass is 10.1. The minimum atomic E-state index is -0.164. The van der Waals surface area contributed by atoms with Crippen LogP contribution in [0.3, 0.4) is 0 Å². The molecule has 1 atom stereocenters. The molecule has 3 rings (SSSR count). The molecule has 0 saturated heterocycles. The molecule has 2 aromatic carbocycles. The molecule has 1 amide bonds. The first-order valence-electron chi connectivity index (χ1n) is 9.51.